The van der Waals surface area contributed by atoms with Gasteiger partial charge in [-0.1, -0.05) is 46.3 Å². The molecule has 32 heavy (non-hydrogen) atoms. The Labute approximate surface area is 195 Å². The molecular formula is C23H22BrN3O4S. The van der Waals surface area contributed by atoms with Crippen molar-refractivity contribution in [2.24, 2.45) is 5.10 Å². The first-order valence-electron chi connectivity index (χ1n) is 9.83. The number of hydrazine groups is 1. The van der Waals surface area contributed by atoms with Gasteiger partial charge in [0, 0.05) is 22.5 Å². The molecule has 0 saturated carbocycles. The molecule has 3 aromatic rings. The number of benzene rings is 3. The van der Waals surface area contributed by atoms with Crippen LogP contribution in [0.2, 0.25) is 0 Å². The Bertz CT molecular complexity index is 1230. The van der Waals surface area contributed by atoms with Crippen LogP contribution in [0.1, 0.15) is 23.6 Å². The molecule has 1 aliphatic heterocycles. The highest BCUT2D eigenvalue weighted by molar-refractivity contribution is 9.10. The third-order valence-electron chi connectivity index (χ3n) is 5.15. The lowest BCUT2D eigenvalue weighted by Gasteiger charge is -2.25. The SMILES string of the molecule is COc1ccc(C2CC(c3ccc(Br)cc3)=NN2NS(=O)(=O)c2ccccc2)c(OC)c1. The van der Waals surface area contributed by atoms with Gasteiger partial charge in [-0.05, 0) is 42.0 Å². The smallest absolute Gasteiger partial charge is 0.258 e. The van der Waals surface area contributed by atoms with Crippen molar-refractivity contribution in [1.29, 1.82) is 0 Å². The van der Waals surface area contributed by atoms with Crippen molar-refractivity contribution in [1.82, 2.24) is 9.95 Å². The molecule has 9 heteroatoms. The van der Waals surface area contributed by atoms with Crippen molar-refractivity contribution in [3.8, 4) is 11.5 Å². The number of rotatable bonds is 7. The van der Waals surface area contributed by atoms with E-state index < -0.39 is 16.1 Å². The molecule has 1 N–H and O–H groups in total. The Morgan fingerprint density at radius 3 is 2.38 bits per heavy atom. The molecule has 0 aliphatic carbocycles. The van der Waals surface area contributed by atoms with E-state index in [1.807, 2.05) is 36.4 Å². The molecular weight excluding hydrogens is 494 g/mol. The highest BCUT2D eigenvalue weighted by Gasteiger charge is 2.34. The number of hydrogen-bond acceptors (Lipinski definition) is 6. The molecule has 1 aliphatic rings. The largest absolute Gasteiger partial charge is 0.497 e. The van der Waals surface area contributed by atoms with Crippen LogP contribution in [0.3, 0.4) is 0 Å². The Balaban J connectivity index is 1.74. The molecule has 166 valence electrons. The number of ether oxygens (including phenoxy) is 2. The van der Waals surface area contributed by atoms with Gasteiger partial charge in [-0.2, -0.15) is 5.10 Å². The summed E-state index contributed by atoms with van der Waals surface area (Å²) in [6, 6.07) is 21.0. The quantitative estimate of drug-likeness (QED) is 0.500. The zero-order chi connectivity index (χ0) is 22.7. The predicted molar refractivity (Wildman–Crippen MR) is 126 cm³/mol. The average molecular weight is 516 g/mol. The topological polar surface area (TPSA) is 80.2 Å². The summed E-state index contributed by atoms with van der Waals surface area (Å²) in [4.78, 5) is 2.79. The molecule has 0 bridgehead atoms. The van der Waals surface area contributed by atoms with Crippen molar-refractivity contribution in [2.75, 3.05) is 14.2 Å². The zero-order valence-electron chi connectivity index (χ0n) is 17.5. The Hall–Kier alpha value is -2.88. The van der Waals surface area contributed by atoms with E-state index in [9.17, 15) is 8.42 Å². The molecule has 1 atom stereocenters. The maximum Gasteiger partial charge on any atom is 0.258 e. The van der Waals surface area contributed by atoms with Crippen LogP contribution in [-0.4, -0.2) is 33.5 Å². The summed E-state index contributed by atoms with van der Waals surface area (Å²) < 4.78 is 37.9. The molecule has 0 aromatic heterocycles. The molecule has 0 fully saturated rings. The molecule has 0 saturated heterocycles. The van der Waals surface area contributed by atoms with Gasteiger partial charge in [-0.3, -0.25) is 0 Å². The van der Waals surface area contributed by atoms with E-state index in [1.54, 1.807) is 50.6 Å². The molecule has 3 aromatic carbocycles. The Morgan fingerprint density at radius 1 is 1.00 bits per heavy atom. The molecule has 7 nitrogen and oxygen atoms in total. The van der Waals surface area contributed by atoms with Crippen LogP contribution in [0, 0.1) is 0 Å². The fourth-order valence-electron chi connectivity index (χ4n) is 3.52. The van der Waals surface area contributed by atoms with E-state index in [2.05, 4.69) is 25.9 Å². The summed E-state index contributed by atoms with van der Waals surface area (Å²) in [5.41, 5.74) is 2.46. The zero-order valence-corrected chi connectivity index (χ0v) is 19.9. The molecule has 1 heterocycles. The van der Waals surface area contributed by atoms with E-state index in [0.717, 1.165) is 21.3 Å². The van der Waals surface area contributed by atoms with Gasteiger partial charge in [0.1, 0.15) is 11.5 Å². The number of nitrogens with one attached hydrogen (secondary N) is 1. The Kier molecular flexibility index (Phi) is 6.50. The van der Waals surface area contributed by atoms with Crippen LogP contribution in [0.15, 0.2) is 87.3 Å². The second-order valence-electron chi connectivity index (χ2n) is 7.13. The highest BCUT2D eigenvalue weighted by Crippen LogP contribution is 2.38. The normalized spacial score (nSPS) is 16.0. The summed E-state index contributed by atoms with van der Waals surface area (Å²) in [6.45, 7) is 0. The number of nitrogens with zero attached hydrogens (tertiary/aromatic N) is 2. The van der Waals surface area contributed by atoms with Gasteiger partial charge in [0.25, 0.3) is 10.0 Å². The van der Waals surface area contributed by atoms with Crippen molar-refractivity contribution < 1.29 is 17.9 Å². The van der Waals surface area contributed by atoms with Crippen LogP contribution in [0.5, 0.6) is 11.5 Å². The number of hydrazone groups is 1. The van der Waals surface area contributed by atoms with Crippen LogP contribution >= 0.6 is 15.9 Å². The minimum Gasteiger partial charge on any atom is -0.497 e. The van der Waals surface area contributed by atoms with Crippen LogP contribution < -0.4 is 14.3 Å². The first-order valence-corrected chi connectivity index (χ1v) is 12.1. The molecule has 4 rings (SSSR count). The van der Waals surface area contributed by atoms with Crippen molar-refractivity contribution in [3.05, 3.63) is 88.4 Å². The lowest BCUT2D eigenvalue weighted by atomic mass is 9.98. The van der Waals surface area contributed by atoms with E-state index >= 15 is 0 Å². The fraction of sp³-hybridized carbons (Fsp3) is 0.174. The molecule has 0 spiro atoms. The van der Waals surface area contributed by atoms with Gasteiger partial charge in [-0.25, -0.2) is 13.5 Å². The van der Waals surface area contributed by atoms with Crippen molar-refractivity contribution in [2.45, 2.75) is 17.4 Å². The first-order chi connectivity index (χ1) is 15.4. The third kappa shape index (κ3) is 4.64. The maximum atomic E-state index is 13.0. The van der Waals surface area contributed by atoms with Crippen LogP contribution in [0.25, 0.3) is 0 Å². The number of halogens is 1. The van der Waals surface area contributed by atoms with Gasteiger partial charge in [0.15, 0.2) is 0 Å². The molecule has 0 radical (unpaired) electrons. The van der Waals surface area contributed by atoms with Gasteiger partial charge >= 0.3 is 0 Å². The monoisotopic (exact) mass is 515 g/mol. The third-order valence-corrected chi connectivity index (χ3v) is 7.00. The minimum atomic E-state index is -3.83. The van der Waals surface area contributed by atoms with E-state index in [4.69, 9.17) is 9.47 Å². The number of methoxy groups -OCH3 is 2. The standard InChI is InChI=1S/C23H22BrN3O4S/c1-30-18-12-13-20(23(14-18)31-2)22-15-21(16-8-10-17(24)11-9-16)25-27(22)26-32(28,29)19-6-4-3-5-7-19/h3-14,22,26H,15H2,1-2H3. The molecule has 1 unspecified atom stereocenters. The lowest BCUT2D eigenvalue weighted by molar-refractivity contribution is 0.196. The first kappa shape index (κ1) is 22.3. The summed E-state index contributed by atoms with van der Waals surface area (Å²) in [5.74, 6) is 1.24. The average Bonchev–Trinajstić information content (AvgIpc) is 3.22. The predicted octanol–water partition coefficient (Wildman–Crippen LogP) is 4.51. The van der Waals surface area contributed by atoms with Crippen molar-refractivity contribution >= 4 is 31.7 Å². The van der Waals surface area contributed by atoms with Crippen LogP contribution in [-0.2, 0) is 10.0 Å². The summed E-state index contributed by atoms with van der Waals surface area (Å²) >= 11 is 3.44. The number of sulfonamides is 1. The summed E-state index contributed by atoms with van der Waals surface area (Å²) in [6.07, 6.45) is 0.488. The van der Waals surface area contributed by atoms with E-state index in [0.29, 0.717) is 17.9 Å². The minimum absolute atomic E-state index is 0.160. The highest BCUT2D eigenvalue weighted by atomic mass is 79.9. The van der Waals surface area contributed by atoms with Gasteiger partial charge in [0.05, 0.1) is 30.9 Å². The Morgan fingerprint density at radius 2 is 1.72 bits per heavy atom. The van der Waals surface area contributed by atoms with Crippen LogP contribution in [0.4, 0.5) is 0 Å². The fourth-order valence-corrected chi connectivity index (χ4v) is 4.82. The molecule has 0 amide bonds. The second kappa shape index (κ2) is 9.32. The number of hydrogen-bond donors (Lipinski definition) is 1. The van der Waals surface area contributed by atoms with Gasteiger partial charge in [-0.15, -0.1) is 4.83 Å². The van der Waals surface area contributed by atoms with Gasteiger partial charge in [0.2, 0.25) is 0 Å². The summed E-state index contributed by atoms with van der Waals surface area (Å²) in [7, 11) is -0.679. The van der Waals surface area contributed by atoms with Gasteiger partial charge < -0.3 is 9.47 Å². The van der Waals surface area contributed by atoms with E-state index in [1.165, 1.54) is 5.12 Å². The maximum absolute atomic E-state index is 13.0. The summed E-state index contributed by atoms with van der Waals surface area (Å²) in [5, 5.41) is 6.02. The second-order valence-corrected chi connectivity index (χ2v) is 9.71. The lowest BCUT2D eigenvalue weighted by Crippen LogP contribution is -2.39. The van der Waals surface area contributed by atoms with E-state index in [-0.39, 0.29) is 4.90 Å². The van der Waals surface area contributed by atoms with Crippen molar-refractivity contribution in [3.63, 3.8) is 0 Å².